The van der Waals surface area contributed by atoms with Crippen LogP contribution in [0.3, 0.4) is 0 Å². The molecule has 2 aromatic carbocycles. The van der Waals surface area contributed by atoms with Crippen molar-refractivity contribution in [2.24, 2.45) is 0 Å². The smallest absolute Gasteiger partial charge is 0.297 e. The van der Waals surface area contributed by atoms with Gasteiger partial charge in [0.05, 0.1) is 16.4 Å². The van der Waals surface area contributed by atoms with Gasteiger partial charge >= 0.3 is 0 Å². The maximum atomic E-state index is 12.5. The van der Waals surface area contributed by atoms with Crippen LogP contribution in [0, 0.1) is 13.8 Å². The van der Waals surface area contributed by atoms with Gasteiger partial charge in [0.25, 0.3) is 20.2 Å². The molecule has 2 aromatic rings. The van der Waals surface area contributed by atoms with Crippen molar-refractivity contribution in [3.63, 3.8) is 0 Å². The van der Waals surface area contributed by atoms with Gasteiger partial charge in [-0.3, -0.25) is 8.37 Å². The number of rotatable bonds is 8. The van der Waals surface area contributed by atoms with Crippen molar-refractivity contribution in [2.45, 2.75) is 54.3 Å². The van der Waals surface area contributed by atoms with Crippen molar-refractivity contribution in [1.29, 1.82) is 0 Å². The molecule has 12 heteroatoms. The fourth-order valence-corrected chi connectivity index (χ4v) is 5.26. The molecule has 0 amide bonds. The Kier molecular flexibility index (Phi) is 7.37. The van der Waals surface area contributed by atoms with Gasteiger partial charge in [0.2, 0.25) is 0 Å². The number of hydrogen-bond acceptors (Lipinski definition) is 10. The molecule has 176 valence electrons. The largest absolute Gasteiger partial charge is 0.394 e. The quantitative estimate of drug-likeness (QED) is 0.439. The first-order chi connectivity index (χ1) is 14.9. The standard InChI is InChI=1S/C20H24O10S2/c1-12-3-7-14(8-4-12)31(24,25)29-16(11-21)18-17(22)19(20(23)28-18)30-32(26,27)15-9-5-13(2)6-10-15/h3-10,16-23H,11H2,1-2H3/t16?,17-,18-,19?,20-/m1/s1. The third-order valence-electron chi connectivity index (χ3n) is 4.90. The number of hydrogen-bond donors (Lipinski definition) is 3. The van der Waals surface area contributed by atoms with E-state index in [9.17, 15) is 32.2 Å². The van der Waals surface area contributed by atoms with Crippen LogP contribution in [0.15, 0.2) is 58.3 Å². The van der Waals surface area contributed by atoms with Gasteiger partial charge < -0.3 is 20.1 Å². The Bertz CT molecular complexity index is 1130. The zero-order valence-corrected chi connectivity index (χ0v) is 18.9. The van der Waals surface area contributed by atoms with E-state index in [2.05, 4.69) is 0 Å². The van der Waals surface area contributed by atoms with Gasteiger partial charge in [0, 0.05) is 0 Å². The first-order valence-electron chi connectivity index (χ1n) is 9.57. The van der Waals surface area contributed by atoms with E-state index < -0.39 is 57.5 Å². The summed E-state index contributed by atoms with van der Waals surface area (Å²) < 4.78 is 65.1. The monoisotopic (exact) mass is 488 g/mol. The van der Waals surface area contributed by atoms with Crippen LogP contribution in [-0.4, -0.2) is 69.5 Å². The molecule has 1 heterocycles. The summed E-state index contributed by atoms with van der Waals surface area (Å²) in [7, 11) is -8.74. The zero-order valence-electron chi connectivity index (χ0n) is 17.2. The van der Waals surface area contributed by atoms with E-state index in [1.807, 2.05) is 0 Å². The molecule has 1 fully saturated rings. The highest BCUT2D eigenvalue weighted by atomic mass is 32.2. The van der Waals surface area contributed by atoms with Crippen molar-refractivity contribution < 1.29 is 45.3 Å². The van der Waals surface area contributed by atoms with Gasteiger partial charge in [0.15, 0.2) is 12.4 Å². The summed E-state index contributed by atoms with van der Waals surface area (Å²) in [6, 6.07) is 11.4. The van der Waals surface area contributed by atoms with Crippen LogP contribution in [0.5, 0.6) is 0 Å². The second-order valence-corrected chi connectivity index (χ2v) is 10.5. The highest BCUT2D eigenvalue weighted by molar-refractivity contribution is 7.87. The van der Waals surface area contributed by atoms with E-state index >= 15 is 0 Å². The predicted molar refractivity (Wildman–Crippen MR) is 110 cm³/mol. The lowest BCUT2D eigenvalue weighted by molar-refractivity contribution is -0.142. The summed E-state index contributed by atoms with van der Waals surface area (Å²) in [6.07, 6.45) is -8.74. The van der Waals surface area contributed by atoms with E-state index in [1.165, 1.54) is 24.3 Å². The van der Waals surface area contributed by atoms with E-state index in [-0.39, 0.29) is 9.79 Å². The molecule has 1 aliphatic heterocycles. The maximum absolute atomic E-state index is 12.5. The number of ether oxygens (including phenoxy) is 1. The van der Waals surface area contributed by atoms with Crippen LogP contribution in [0.2, 0.25) is 0 Å². The number of aliphatic hydroxyl groups excluding tert-OH is 3. The summed E-state index contributed by atoms with van der Waals surface area (Å²) in [6.45, 7) is 2.62. The fourth-order valence-electron chi connectivity index (χ4n) is 3.11. The third-order valence-corrected chi connectivity index (χ3v) is 7.58. The van der Waals surface area contributed by atoms with Crippen LogP contribution in [0.1, 0.15) is 11.1 Å². The molecule has 0 aromatic heterocycles. The molecule has 0 aliphatic carbocycles. The molecular formula is C20H24O10S2. The topological polar surface area (TPSA) is 157 Å². The molecule has 1 aliphatic rings. The minimum Gasteiger partial charge on any atom is -0.394 e. The lowest BCUT2D eigenvalue weighted by Crippen LogP contribution is -2.44. The highest BCUT2D eigenvalue weighted by Gasteiger charge is 2.50. The molecular weight excluding hydrogens is 464 g/mol. The van der Waals surface area contributed by atoms with Crippen LogP contribution in [-0.2, 0) is 33.3 Å². The second-order valence-electron chi connectivity index (χ2n) is 7.39. The van der Waals surface area contributed by atoms with Crippen molar-refractivity contribution >= 4 is 20.2 Å². The minimum atomic E-state index is -4.39. The number of aryl methyl sites for hydroxylation is 2. The van der Waals surface area contributed by atoms with E-state index in [0.717, 1.165) is 11.1 Å². The molecule has 1 saturated heterocycles. The Morgan fingerprint density at radius 3 is 1.81 bits per heavy atom. The Morgan fingerprint density at radius 1 is 0.875 bits per heavy atom. The SMILES string of the molecule is Cc1ccc(S(=O)(=O)OC(CO)[C@H]2O[C@@H](O)C(OS(=O)(=O)c3ccc(C)cc3)[C@@H]2O)cc1. The Labute approximate surface area is 186 Å². The molecule has 0 bridgehead atoms. The summed E-state index contributed by atoms with van der Waals surface area (Å²) in [5.41, 5.74) is 1.63. The molecule has 2 unspecified atom stereocenters. The van der Waals surface area contributed by atoms with Gasteiger partial charge in [-0.15, -0.1) is 0 Å². The molecule has 3 N–H and O–H groups in total. The highest BCUT2D eigenvalue weighted by Crippen LogP contribution is 2.30. The van der Waals surface area contributed by atoms with Crippen molar-refractivity contribution in [3.8, 4) is 0 Å². The molecule has 32 heavy (non-hydrogen) atoms. The number of benzene rings is 2. The summed E-state index contributed by atoms with van der Waals surface area (Å²) in [5.74, 6) is 0. The van der Waals surface area contributed by atoms with Crippen LogP contribution < -0.4 is 0 Å². The average Bonchev–Trinajstić information content (AvgIpc) is 3.00. The first-order valence-corrected chi connectivity index (χ1v) is 12.4. The van der Waals surface area contributed by atoms with Crippen LogP contribution in [0.4, 0.5) is 0 Å². The molecule has 0 spiro atoms. The zero-order chi connectivity index (χ0) is 23.7. The third kappa shape index (κ3) is 5.35. The second kappa shape index (κ2) is 9.53. The van der Waals surface area contributed by atoms with Crippen molar-refractivity contribution in [3.05, 3.63) is 59.7 Å². The van der Waals surface area contributed by atoms with Gasteiger partial charge in [-0.1, -0.05) is 35.4 Å². The van der Waals surface area contributed by atoms with Gasteiger partial charge in [-0.25, -0.2) is 0 Å². The molecule has 3 rings (SSSR count). The lowest BCUT2D eigenvalue weighted by Gasteiger charge is -2.24. The molecule has 0 saturated carbocycles. The predicted octanol–water partition coefficient (Wildman–Crippen LogP) is 0.222. The van der Waals surface area contributed by atoms with Crippen molar-refractivity contribution in [1.82, 2.24) is 0 Å². The van der Waals surface area contributed by atoms with E-state index in [0.29, 0.717) is 0 Å². The fraction of sp³-hybridized carbons (Fsp3) is 0.400. The summed E-state index contributed by atoms with van der Waals surface area (Å²) in [4.78, 5) is -0.396. The van der Waals surface area contributed by atoms with E-state index in [1.54, 1.807) is 38.1 Å². The van der Waals surface area contributed by atoms with Gasteiger partial charge in [-0.05, 0) is 38.1 Å². The molecule has 0 radical (unpaired) electrons. The molecule has 5 atom stereocenters. The van der Waals surface area contributed by atoms with Gasteiger partial charge in [-0.2, -0.15) is 16.8 Å². The van der Waals surface area contributed by atoms with Crippen LogP contribution in [0.25, 0.3) is 0 Å². The maximum Gasteiger partial charge on any atom is 0.297 e. The Balaban J connectivity index is 1.77. The average molecular weight is 489 g/mol. The van der Waals surface area contributed by atoms with E-state index in [4.69, 9.17) is 13.1 Å². The Hall–Kier alpha value is -1.90. The van der Waals surface area contributed by atoms with Gasteiger partial charge in [0.1, 0.15) is 18.3 Å². The molecule has 10 nitrogen and oxygen atoms in total. The minimum absolute atomic E-state index is 0.190. The number of aliphatic hydroxyl groups is 3. The lowest BCUT2D eigenvalue weighted by atomic mass is 10.1. The first kappa shape index (κ1) is 24.7. The summed E-state index contributed by atoms with van der Waals surface area (Å²) >= 11 is 0. The Morgan fingerprint density at radius 2 is 1.34 bits per heavy atom. The normalized spacial score (nSPS) is 25.0. The van der Waals surface area contributed by atoms with Crippen LogP contribution >= 0.6 is 0 Å². The van der Waals surface area contributed by atoms with Crippen molar-refractivity contribution in [2.75, 3.05) is 6.61 Å². The summed E-state index contributed by atoms with van der Waals surface area (Å²) in [5, 5.41) is 30.3.